The molecular weight excluding hydrogens is 524 g/mol. The number of benzene rings is 2. The van der Waals surface area contributed by atoms with E-state index in [0.717, 1.165) is 16.3 Å². The number of nitrogens with zero attached hydrogens (tertiary/aromatic N) is 1. The first-order valence-corrected chi connectivity index (χ1v) is 14.3. The molecule has 2 saturated heterocycles. The lowest BCUT2D eigenvalue weighted by molar-refractivity contribution is -0.139. The van der Waals surface area contributed by atoms with Crippen molar-refractivity contribution in [3.63, 3.8) is 0 Å². The number of rotatable bonds is 12. The van der Waals surface area contributed by atoms with Crippen molar-refractivity contribution in [2.45, 2.75) is 77.1 Å². The Hall–Kier alpha value is -3.79. The number of hydrogen-bond donors (Lipinski definition) is 3. The van der Waals surface area contributed by atoms with Crippen molar-refractivity contribution in [1.82, 2.24) is 20.9 Å². The Morgan fingerprint density at radius 3 is 2.39 bits per heavy atom. The van der Waals surface area contributed by atoms with Crippen LogP contribution in [0.4, 0.5) is 0 Å². The van der Waals surface area contributed by atoms with Gasteiger partial charge < -0.3 is 25.6 Å². The Kier molecular flexibility index (Phi) is 9.42. The zero-order chi connectivity index (χ0) is 29.7. The summed E-state index contributed by atoms with van der Waals surface area (Å²) in [5, 5.41) is 10.3. The summed E-state index contributed by atoms with van der Waals surface area (Å²) in [5.41, 5.74) is -0.0545. The van der Waals surface area contributed by atoms with Gasteiger partial charge in [-0.25, -0.2) is 0 Å². The van der Waals surface area contributed by atoms with E-state index in [4.69, 9.17) is 4.74 Å². The van der Waals surface area contributed by atoms with E-state index in [1.807, 2.05) is 56.3 Å². The van der Waals surface area contributed by atoms with Crippen molar-refractivity contribution in [2.75, 3.05) is 19.7 Å². The smallest absolute Gasteiger partial charge is 0.243 e. The van der Waals surface area contributed by atoms with Gasteiger partial charge >= 0.3 is 0 Å². The molecule has 2 aromatic rings. The predicted molar refractivity (Wildman–Crippen MR) is 154 cm³/mol. The minimum Gasteiger partial charge on any atom is -0.361 e. The molecule has 2 aliphatic rings. The number of Topliss-reactive ketones (excluding diaryl/α,β-unsaturated/α-hetero) is 1. The van der Waals surface area contributed by atoms with E-state index in [9.17, 15) is 24.0 Å². The van der Waals surface area contributed by atoms with Gasteiger partial charge in [-0.05, 0) is 48.4 Å². The lowest BCUT2D eigenvalue weighted by atomic mass is 9.93. The van der Waals surface area contributed by atoms with Crippen LogP contribution in [0.25, 0.3) is 10.8 Å². The molecule has 4 atom stereocenters. The fourth-order valence-electron chi connectivity index (χ4n) is 5.31. The second-order valence-electron chi connectivity index (χ2n) is 11.7. The maximum Gasteiger partial charge on any atom is 0.243 e. The Morgan fingerprint density at radius 2 is 1.73 bits per heavy atom. The van der Waals surface area contributed by atoms with Crippen LogP contribution >= 0.6 is 0 Å². The molecule has 0 radical (unpaired) electrons. The molecule has 2 aromatic carbocycles. The van der Waals surface area contributed by atoms with Crippen molar-refractivity contribution < 1.29 is 28.7 Å². The monoisotopic (exact) mass is 564 g/mol. The molecule has 0 aliphatic carbocycles. The molecule has 0 unspecified atom stereocenters. The van der Waals surface area contributed by atoms with E-state index in [1.165, 1.54) is 11.8 Å². The Labute approximate surface area is 240 Å². The average Bonchev–Trinajstić information content (AvgIpc) is 3.49. The topological polar surface area (TPSA) is 137 Å². The zero-order valence-electron chi connectivity index (χ0n) is 24.2. The van der Waals surface area contributed by atoms with Crippen molar-refractivity contribution in [3.8, 4) is 0 Å². The third-order valence-corrected chi connectivity index (χ3v) is 7.69. The lowest BCUT2D eigenvalue weighted by Gasteiger charge is -2.28. The second kappa shape index (κ2) is 12.8. The Morgan fingerprint density at radius 1 is 1.02 bits per heavy atom. The molecule has 4 amide bonds. The van der Waals surface area contributed by atoms with Gasteiger partial charge in [0.2, 0.25) is 23.6 Å². The lowest BCUT2D eigenvalue weighted by Crippen LogP contribution is -2.57. The van der Waals surface area contributed by atoms with Crippen LogP contribution in [0.3, 0.4) is 0 Å². The van der Waals surface area contributed by atoms with E-state index in [1.54, 1.807) is 6.92 Å². The molecule has 220 valence electrons. The van der Waals surface area contributed by atoms with E-state index >= 15 is 0 Å². The molecule has 41 heavy (non-hydrogen) atoms. The highest BCUT2D eigenvalue weighted by atomic mass is 16.6. The van der Waals surface area contributed by atoms with Gasteiger partial charge in [-0.3, -0.25) is 24.0 Å². The average molecular weight is 565 g/mol. The Bertz CT molecular complexity index is 1320. The van der Waals surface area contributed by atoms with E-state index in [-0.39, 0.29) is 36.5 Å². The first-order valence-electron chi connectivity index (χ1n) is 14.3. The fourth-order valence-corrected chi connectivity index (χ4v) is 5.31. The SMILES string of the molecule is CC(=O)NCC(=O)N1CCC[C@H]1C(=O)N[C@@H](Cc1ccc2ccccc2c1)C(=O)N[C@@H](CC(C)C)C(=O)[C@@]1(C)CO1. The molecule has 10 heteroatoms. The quantitative estimate of drug-likeness (QED) is 0.337. The molecule has 2 fully saturated rings. The molecule has 10 nitrogen and oxygen atoms in total. The van der Waals surface area contributed by atoms with Gasteiger partial charge in [-0.2, -0.15) is 0 Å². The number of fused-ring (bicyclic) bond motifs is 1. The van der Waals surface area contributed by atoms with E-state index in [2.05, 4.69) is 16.0 Å². The number of likely N-dealkylation sites (tertiary alicyclic amines) is 1. The number of ether oxygens (including phenoxy) is 1. The van der Waals surface area contributed by atoms with Crippen molar-refractivity contribution >= 4 is 40.2 Å². The summed E-state index contributed by atoms with van der Waals surface area (Å²) < 4.78 is 5.37. The minimum absolute atomic E-state index is 0.141. The molecule has 4 rings (SSSR count). The van der Waals surface area contributed by atoms with Crippen LogP contribution < -0.4 is 16.0 Å². The van der Waals surface area contributed by atoms with Gasteiger partial charge in [0, 0.05) is 19.9 Å². The molecule has 3 N–H and O–H groups in total. The highest BCUT2D eigenvalue weighted by Gasteiger charge is 2.50. The number of hydrogen-bond acceptors (Lipinski definition) is 6. The van der Waals surface area contributed by atoms with Crippen LogP contribution in [0.15, 0.2) is 42.5 Å². The highest BCUT2D eigenvalue weighted by molar-refractivity contribution is 5.98. The molecule has 2 heterocycles. The summed E-state index contributed by atoms with van der Waals surface area (Å²) in [4.78, 5) is 65.9. The largest absolute Gasteiger partial charge is 0.361 e. The summed E-state index contributed by atoms with van der Waals surface area (Å²) >= 11 is 0. The first kappa shape index (κ1) is 30.2. The Balaban J connectivity index is 1.55. The van der Waals surface area contributed by atoms with Crippen LogP contribution in [0.1, 0.15) is 52.5 Å². The first-order chi connectivity index (χ1) is 19.5. The maximum absolute atomic E-state index is 13.8. The van der Waals surface area contributed by atoms with E-state index < -0.39 is 35.5 Å². The van der Waals surface area contributed by atoms with Crippen molar-refractivity contribution in [3.05, 3.63) is 48.0 Å². The van der Waals surface area contributed by atoms with Crippen LogP contribution in [-0.4, -0.2) is 77.7 Å². The van der Waals surface area contributed by atoms with Gasteiger partial charge in [0.15, 0.2) is 5.78 Å². The predicted octanol–water partition coefficient (Wildman–Crippen LogP) is 1.88. The van der Waals surface area contributed by atoms with Crippen LogP contribution in [-0.2, 0) is 35.1 Å². The van der Waals surface area contributed by atoms with Gasteiger partial charge in [-0.1, -0.05) is 56.3 Å². The summed E-state index contributed by atoms with van der Waals surface area (Å²) in [6, 6.07) is 11.3. The van der Waals surface area contributed by atoms with Crippen LogP contribution in [0, 0.1) is 5.92 Å². The van der Waals surface area contributed by atoms with Crippen LogP contribution in [0.2, 0.25) is 0 Å². The number of carbonyl (C=O) groups excluding carboxylic acids is 5. The third kappa shape index (κ3) is 7.70. The van der Waals surface area contributed by atoms with Crippen LogP contribution in [0.5, 0.6) is 0 Å². The second-order valence-corrected chi connectivity index (χ2v) is 11.7. The molecular formula is C31H40N4O6. The van der Waals surface area contributed by atoms with Gasteiger partial charge in [0.25, 0.3) is 0 Å². The van der Waals surface area contributed by atoms with Gasteiger partial charge in [0.05, 0.1) is 19.2 Å². The maximum atomic E-state index is 13.8. The summed E-state index contributed by atoms with van der Waals surface area (Å²) in [6.07, 6.45) is 1.72. The normalized spacial score (nSPS) is 21.3. The number of ketones is 1. The molecule has 0 spiro atoms. The number of amides is 4. The van der Waals surface area contributed by atoms with Crippen molar-refractivity contribution in [2.24, 2.45) is 5.92 Å². The molecule has 0 saturated carbocycles. The molecule has 0 bridgehead atoms. The third-order valence-electron chi connectivity index (χ3n) is 7.69. The summed E-state index contributed by atoms with van der Waals surface area (Å²) in [7, 11) is 0. The van der Waals surface area contributed by atoms with Crippen molar-refractivity contribution in [1.29, 1.82) is 0 Å². The molecule has 0 aromatic heterocycles. The van der Waals surface area contributed by atoms with Gasteiger partial charge in [0.1, 0.15) is 17.7 Å². The zero-order valence-corrected chi connectivity index (χ0v) is 24.2. The molecule has 2 aliphatic heterocycles. The number of epoxide rings is 1. The van der Waals surface area contributed by atoms with E-state index in [0.29, 0.717) is 32.4 Å². The number of nitrogens with one attached hydrogen (secondary N) is 3. The minimum atomic E-state index is -0.980. The highest BCUT2D eigenvalue weighted by Crippen LogP contribution is 2.30. The summed E-state index contributed by atoms with van der Waals surface area (Å²) in [6.45, 7) is 7.51. The fraction of sp³-hybridized carbons (Fsp3) is 0.516. The van der Waals surface area contributed by atoms with Gasteiger partial charge in [-0.15, -0.1) is 0 Å². The summed E-state index contributed by atoms with van der Waals surface area (Å²) in [5.74, 6) is -1.63. The standard InChI is InChI=1S/C31H40N4O6/c1-19(2)14-24(28(38)31(4)18-41-31)33-29(39)25(16-21-11-12-22-8-5-6-9-23(22)15-21)34-30(40)26-10-7-13-35(26)27(37)17-32-20(3)36/h5-6,8-9,11-12,15,19,24-26H,7,10,13-14,16-18H2,1-4H3,(H,32,36)(H,33,39)(H,34,40)/t24-,25-,26-,31+/m0/s1. The number of carbonyl (C=O) groups is 5.